The van der Waals surface area contributed by atoms with E-state index in [4.69, 9.17) is 56.8 Å². The van der Waals surface area contributed by atoms with Crippen molar-refractivity contribution in [1.29, 1.82) is 0 Å². The van der Waals surface area contributed by atoms with Crippen LogP contribution < -0.4 is 28.4 Å². The molecule has 0 unspecified atom stereocenters. The summed E-state index contributed by atoms with van der Waals surface area (Å²) in [5.74, 6) is -2.86. The molecule has 0 aromatic heterocycles. The first-order chi connectivity index (χ1) is 58.5. The van der Waals surface area contributed by atoms with Crippen molar-refractivity contribution in [3.8, 4) is 101 Å². The second-order valence-electron chi connectivity index (χ2n) is 29.3. The summed E-state index contributed by atoms with van der Waals surface area (Å²) in [6, 6.07) is 69.0. The highest BCUT2D eigenvalue weighted by Gasteiger charge is 2.39. The average molecular weight is 1600 g/mol. The van der Waals surface area contributed by atoms with Crippen LogP contribution >= 0.6 is 0 Å². The molecule has 12 aromatic carbocycles. The molecule has 43 rings (SSSR count). The Morgan fingerprint density at radius 1 is 0.175 bits per heavy atom. The van der Waals surface area contributed by atoms with Crippen LogP contribution in [-0.4, -0.2) is 121 Å². The van der Waals surface area contributed by atoms with E-state index in [9.17, 15) is 28.8 Å². The van der Waals surface area contributed by atoms with Crippen LogP contribution in [0.2, 0.25) is 0 Å². The van der Waals surface area contributed by atoms with Gasteiger partial charge in [-0.3, -0.25) is 0 Å². The zero-order chi connectivity index (χ0) is 83.9. The summed E-state index contributed by atoms with van der Waals surface area (Å²) in [6.45, 7) is 0. The fourth-order valence-electron chi connectivity index (χ4n) is 18.0. The number of rotatable bonds is 12. The summed E-state index contributed by atoms with van der Waals surface area (Å²) in [4.78, 5) is 86.4. The number of hydrogen-bond acceptors (Lipinski definition) is 18. The average Bonchev–Trinajstić information content (AvgIpc) is 0.742. The molecule has 12 aromatic rings. The molecule has 0 aliphatic heterocycles. The predicted octanol–water partition coefficient (Wildman–Crippen LogP) is 20.3. The van der Waals surface area contributed by atoms with E-state index in [0.717, 1.165) is 66.8 Å². The highest BCUT2D eigenvalue weighted by Crippen LogP contribution is 2.54. The molecule has 120 heavy (non-hydrogen) atoms. The summed E-state index contributed by atoms with van der Waals surface area (Å²) in [7, 11) is 17.5. The summed E-state index contributed by atoms with van der Waals surface area (Å²) in [6.07, 6.45) is 12.8. The molecule has 0 amide bonds. The van der Waals surface area contributed by atoms with Crippen molar-refractivity contribution < 1.29 is 85.6 Å². The minimum Gasteiger partial charge on any atom is -0.496 e. The Hall–Kier alpha value is -14.5. The van der Waals surface area contributed by atoms with Crippen LogP contribution in [0.15, 0.2) is 255 Å². The number of allylic oxidation sites excluding steroid dienone is 6. The smallest absolute Gasteiger partial charge is 0.339 e. The molecule has 0 saturated heterocycles. The maximum Gasteiger partial charge on any atom is 0.339 e. The van der Waals surface area contributed by atoms with Crippen LogP contribution in [0.5, 0.6) is 34.5 Å². The van der Waals surface area contributed by atoms with Crippen molar-refractivity contribution in [3.63, 3.8) is 0 Å². The molecule has 24 bridgehead atoms. The van der Waals surface area contributed by atoms with Crippen LogP contribution in [0, 0.1) is 0 Å². The lowest BCUT2D eigenvalue weighted by molar-refractivity contribution is 0.0556. The summed E-state index contributed by atoms with van der Waals surface area (Å²) >= 11 is 0. The van der Waals surface area contributed by atoms with E-state index in [0.29, 0.717) is 101 Å². The normalized spacial score (nSPS) is 16.1. The molecule has 31 aliphatic rings. The number of hydrogen-bond donors (Lipinski definition) is 0. The number of ether oxygens (including phenoxy) is 12. The lowest BCUT2D eigenvalue weighted by Crippen LogP contribution is -2.16. The van der Waals surface area contributed by atoms with Crippen LogP contribution in [0.25, 0.3) is 66.8 Å². The van der Waals surface area contributed by atoms with E-state index in [1.165, 1.54) is 42.7 Å². The minimum absolute atomic E-state index is 0.0197. The van der Waals surface area contributed by atoms with Gasteiger partial charge in [0.2, 0.25) is 0 Å². The van der Waals surface area contributed by atoms with Gasteiger partial charge in [-0.2, -0.15) is 0 Å². The number of esters is 6. The van der Waals surface area contributed by atoms with E-state index in [2.05, 4.69) is 36.5 Å². The molecule has 18 heteroatoms. The van der Waals surface area contributed by atoms with Crippen LogP contribution in [0.4, 0.5) is 0 Å². The van der Waals surface area contributed by atoms with Gasteiger partial charge >= 0.3 is 35.8 Å². The summed E-state index contributed by atoms with van der Waals surface area (Å²) in [5.41, 5.74) is 17.0. The molecule has 0 saturated carbocycles. The molecule has 0 N–H and O–H groups in total. The van der Waals surface area contributed by atoms with Gasteiger partial charge in [-0.05, 0) is 137 Å². The second-order valence-corrected chi connectivity index (χ2v) is 29.3. The third-order valence-corrected chi connectivity index (χ3v) is 23.7. The zero-order valence-corrected chi connectivity index (χ0v) is 68.1. The Kier molecular flexibility index (Phi) is 22.0. The standard InChI is InChI=1S/C102H84O18/c1-109-79-49-50-80(110-2)86-68-38-37-67(85(79)86)55-13-25-61(26-14-55)73-43-44-75(93(99(105)117-9)91(73)97(103)115-7)63-29-17-57(18-30-63)69-39-40-71(89-83(113-5)52-51-81(111-3)87(69)89)59-21-33-65(34-22-59)77-47-48-78(96(102(108)120-12)95(77)101(107)119-11)66-35-23-60(24-36-66)72-42-41-70(88-82(112-4)53-54-84(114-6)90(72)88)58-19-31-64(32-20-58)76-46-45-74(62-27-15-56(68)16-28-62)92(98(104)116-8)94(76)100(106)118-10/h13-54,67-72H,1-12H3/t67-,68+,69+,70-,71-,72+. The summed E-state index contributed by atoms with van der Waals surface area (Å²) in [5, 5.41) is 0. The maximum absolute atomic E-state index is 14.4. The number of carbonyl (C=O) groups excluding carboxylic acids is 6. The lowest BCUT2D eigenvalue weighted by atomic mass is 9.75. The van der Waals surface area contributed by atoms with Gasteiger partial charge in [-0.1, -0.05) is 218 Å². The molecule has 0 fully saturated rings. The van der Waals surface area contributed by atoms with Crippen molar-refractivity contribution in [2.45, 2.75) is 35.5 Å². The zero-order valence-electron chi connectivity index (χ0n) is 68.1. The van der Waals surface area contributed by atoms with Gasteiger partial charge in [-0.25, -0.2) is 28.8 Å². The molecule has 0 radical (unpaired) electrons. The van der Waals surface area contributed by atoms with Gasteiger partial charge in [0, 0.05) is 68.9 Å². The molecular formula is C102H84O18. The van der Waals surface area contributed by atoms with Crippen molar-refractivity contribution >= 4 is 35.8 Å². The van der Waals surface area contributed by atoms with E-state index in [1.54, 1.807) is 42.7 Å². The summed E-state index contributed by atoms with van der Waals surface area (Å²) < 4.78 is 70.1. The first-order valence-corrected chi connectivity index (χ1v) is 38.9. The van der Waals surface area contributed by atoms with Gasteiger partial charge < -0.3 is 56.8 Å². The molecule has 600 valence electrons. The Morgan fingerprint density at radius 3 is 0.408 bits per heavy atom. The van der Waals surface area contributed by atoms with E-state index in [-0.39, 0.29) is 68.9 Å². The monoisotopic (exact) mass is 1600 g/mol. The highest BCUT2D eigenvalue weighted by atomic mass is 16.5. The van der Waals surface area contributed by atoms with Crippen molar-refractivity contribution in [3.05, 3.63) is 355 Å². The minimum atomic E-state index is -0.742. The van der Waals surface area contributed by atoms with Gasteiger partial charge in [0.05, 0.1) is 119 Å². The van der Waals surface area contributed by atoms with E-state index in [1.807, 2.05) is 218 Å². The van der Waals surface area contributed by atoms with Gasteiger partial charge in [0.15, 0.2) is 0 Å². The van der Waals surface area contributed by atoms with E-state index >= 15 is 0 Å². The Labute approximate surface area is 694 Å². The Morgan fingerprint density at radius 2 is 0.300 bits per heavy atom. The Balaban J connectivity index is 0.847. The first kappa shape index (κ1) is 79.3. The van der Waals surface area contributed by atoms with Crippen molar-refractivity contribution in [2.24, 2.45) is 0 Å². The number of benzene rings is 12. The SMILES string of the molecule is COC(=O)c1c2ccc(c1C(=O)OC)-c1ccc(cc1)[C@@H]1C=C[C@H](c3ccc(cc3)-c3ccc(c(C(=O)OC)c3C(=O)OC)-c3ccc(cc3)[C@@H]3C=C[C@H](c4ccc(cc4)-c4ccc(c(C(=O)OC)c4C(=O)OC)-c4ccc(cc4)[C@@H]4C=C[C@H](c5ccc-2cc5)c2c(OC)ccc(OC)c24)c2c(OC)ccc(OC)c23)c2c(OC)ccc(OC)c21. The fourth-order valence-corrected chi connectivity index (χ4v) is 18.0. The highest BCUT2D eigenvalue weighted by molar-refractivity contribution is 6.14. The van der Waals surface area contributed by atoms with Crippen LogP contribution in [-0.2, 0) is 28.4 Å². The van der Waals surface area contributed by atoms with E-state index < -0.39 is 35.8 Å². The van der Waals surface area contributed by atoms with Gasteiger partial charge in [0.1, 0.15) is 34.5 Å². The number of carbonyl (C=O) groups is 6. The fraction of sp³-hybridized carbons (Fsp3) is 0.176. The maximum atomic E-state index is 14.4. The third kappa shape index (κ3) is 13.6. The lowest BCUT2D eigenvalue weighted by Gasteiger charge is -2.31. The molecule has 18 nitrogen and oxygen atoms in total. The molecular weight excluding hydrogens is 1510 g/mol. The predicted molar refractivity (Wildman–Crippen MR) is 457 cm³/mol. The van der Waals surface area contributed by atoms with Gasteiger partial charge in [0.25, 0.3) is 0 Å². The van der Waals surface area contributed by atoms with Crippen LogP contribution in [0.1, 0.15) is 164 Å². The van der Waals surface area contributed by atoms with Crippen molar-refractivity contribution in [1.82, 2.24) is 0 Å². The number of methoxy groups -OCH3 is 12. The second kappa shape index (κ2) is 33.2. The van der Waals surface area contributed by atoms with Crippen molar-refractivity contribution in [2.75, 3.05) is 85.3 Å². The largest absolute Gasteiger partial charge is 0.496 e. The quantitative estimate of drug-likeness (QED) is 0.0632. The van der Waals surface area contributed by atoms with Gasteiger partial charge in [-0.15, -0.1) is 0 Å². The third-order valence-electron chi connectivity index (χ3n) is 23.7. The molecule has 0 spiro atoms. The Bertz CT molecular complexity index is 5220. The topological polar surface area (TPSA) is 213 Å². The molecule has 0 heterocycles. The molecule has 31 aliphatic carbocycles. The molecule has 6 atom stereocenters. The first-order valence-electron chi connectivity index (χ1n) is 38.9. The van der Waals surface area contributed by atoms with Crippen LogP contribution in [0.3, 0.4) is 0 Å².